The summed E-state index contributed by atoms with van der Waals surface area (Å²) < 4.78 is 0. The van der Waals surface area contributed by atoms with Crippen LogP contribution in [-0.2, 0) is 0 Å². The van der Waals surface area contributed by atoms with E-state index in [4.69, 9.17) is 0 Å². The van der Waals surface area contributed by atoms with Crippen LogP contribution in [0.15, 0.2) is 30.6 Å². The summed E-state index contributed by atoms with van der Waals surface area (Å²) >= 11 is 0. The van der Waals surface area contributed by atoms with Crippen molar-refractivity contribution in [2.75, 3.05) is 5.32 Å². The molecule has 0 amide bonds. The lowest BCUT2D eigenvalue weighted by Gasteiger charge is -2.16. The topological polar surface area (TPSA) is 37.8 Å². The molecule has 0 saturated heterocycles. The van der Waals surface area contributed by atoms with Crippen molar-refractivity contribution in [3.8, 4) is 0 Å². The lowest BCUT2D eigenvalue weighted by molar-refractivity contribution is 0.528. The summed E-state index contributed by atoms with van der Waals surface area (Å²) in [4.78, 5) is 8.59. The molecular formula is C15H21N3. The van der Waals surface area contributed by atoms with Crippen molar-refractivity contribution in [3.63, 3.8) is 0 Å². The number of fused-ring (bicyclic) bond motifs is 1. The highest BCUT2D eigenvalue weighted by atomic mass is 14.9. The van der Waals surface area contributed by atoms with E-state index in [2.05, 4.69) is 48.2 Å². The summed E-state index contributed by atoms with van der Waals surface area (Å²) in [5.41, 5.74) is 3.01. The minimum atomic E-state index is 0.488. The second-order valence-corrected chi connectivity index (χ2v) is 5.28. The zero-order valence-corrected chi connectivity index (χ0v) is 11.4. The number of aromatic nitrogens is 2. The maximum atomic E-state index is 4.32. The molecule has 1 aromatic carbocycles. The molecule has 0 spiro atoms. The Kier molecular flexibility index (Phi) is 4.13. The van der Waals surface area contributed by atoms with Crippen LogP contribution in [0, 0.1) is 5.92 Å². The van der Waals surface area contributed by atoms with E-state index >= 15 is 0 Å². The second-order valence-electron chi connectivity index (χ2n) is 5.28. The molecule has 0 saturated carbocycles. The standard InChI is InChI=1S/C15H21N3/c1-11(2)4-5-12(3)18-13-6-7-14-15(10-13)17-9-8-16-14/h6-12,18H,4-5H2,1-3H3. The van der Waals surface area contributed by atoms with Crippen LogP contribution in [0.1, 0.15) is 33.6 Å². The average Bonchev–Trinajstić information content (AvgIpc) is 2.36. The van der Waals surface area contributed by atoms with Crippen molar-refractivity contribution in [1.82, 2.24) is 9.97 Å². The largest absolute Gasteiger partial charge is 0.383 e. The number of rotatable bonds is 5. The van der Waals surface area contributed by atoms with Crippen LogP contribution in [-0.4, -0.2) is 16.0 Å². The first-order chi connectivity index (χ1) is 8.65. The third-order valence-electron chi connectivity index (χ3n) is 3.06. The van der Waals surface area contributed by atoms with Gasteiger partial charge in [-0.1, -0.05) is 13.8 Å². The number of hydrogen-bond donors (Lipinski definition) is 1. The van der Waals surface area contributed by atoms with Gasteiger partial charge in [-0.2, -0.15) is 0 Å². The molecule has 1 heterocycles. The van der Waals surface area contributed by atoms with Crippen molar-refractivity contribution in [2.24, 2.45) is 5.92 Å². The van der Waals surface area contributed by atoms with Crippen LogP contribution in [0.3, 0.4) is 0 Å². The van der Waals surface area contributed by atoms with Gasteiger partial charge in [-0.3, -0.25) is 9.97 Å². The Labute approximate surface area is 109 Å². The Morgan fingerprint density at radius 3 is 2.44 bits per heavy atom. The molecule has 0 radical (unpaired) electrons. The molecule has 0 bridgehead atoms. The van der Waals surface area contributed by atoms with Crippen LogP contribution in [0.2, 0.25) is 0 Å². The van der Waals surface area contributed by atoms with Crippen LogP contribution in [0.25, 0.3) is 11.0 Å². The number of benzene rings is 1. The summed E-state index contributed by atoms with van der Waals surface area (Å²) in [6.07, 6.45) is 5.90. The van der Waals surface area contributed by atoms with Gasteiger partial charge in [-0.15, -0.1) is 0 Å². The molecule has 2 rings (SSSR count). The third-order valence-corrected chi connectivity index (χ3v) is 3.06. The highest BCUT2D eigenvalue weighted by Gasteiger charge is 2.04. The summed E-state index contributed by atoms with van der Waals surface area (Å²) in [5, 5.41) is 3.52. The first-order valence-electron chi connectivity index (χ1n) is 6.62. The molecule has 18 heavy (non-hydrogen) atoms. The fourth-order valence-electron chi connectivity index (χ4n) is 1.99. The van der Waals surface area contributed by atoms with Gasteiger partial charge in [0.1, 0.15) is 0 Å². The van der Waals surface area contributed by atoms with E-state index < -0.39 is 0 Å². The Morgan fingerprint density at radius 2 is 1.72 bits per heavy atom. The lowest BCUT2D eigenvalue weighted by Crippen LogP contribution is -2.15. The molecular weight excluding hydrogens is 222 g/mol. The predicted octanol–water partition coefficient (Wildman–Crippen LogP) is 3.87. The van der Waals surface area contributed by atoms with Crippen LogP contribution in [0.4, 0.5) is 5.69 Å². The molecule has 0 aliphatic heterocycles. The number of nitrogens with zero attached hydrogens (tertiary/aromatic N) is 2. The second kappa shape index (κ2) is 5.80. The lowest BCUT2D eigenvalue weighted by atomic mass is 10.0. The Balaban J connectivity index is 2.03. The smallest absolute Gasteiger partial charge is 0.0907 e. The van der Waals surface area contributed by atoms with E-state index in [0.717, 1.165) is 22.6 Å². The minimum absolute atomic E-state index is 0.488. The van der Waals surface area contributed by atoms with Gasteiger partial charge in [0.15, 0.2) is 0 Å². The monoisotopic (exact) mass is 243 g/mol. The number of anilines is 1. The first kappa shape index (κ1) is 12.8. The van der Waals surface area contributed by atoms with Gasteiger partial charge in [0.25, 0.3) is 0 Å². The number of hydrogen-bond acceptors (Lipinski definition) is 3. The van der Waals surface area contributed by atoms with Gasteiger partial charge in [0.2, 0.25) is 0 Å². The molecule has 3 nitrogen and oxygen atoms in total. The van der Waals surface area contributed by atoms with E-state index in [1.165, 1.54) is 12.8 Å². The van der Waals surface area contributed by atoms with Crippen molar-refractivity contribution < 1.29 is 0 Å². The molecule has 0 aliphatic carbocycles. The predicted molar refractivity (Wildman–Crippen MR) is 76.7 cm³/mol. The third kappa shape index (κ3) is 3.42. The fourth-order valence-corrected chi connectivity index (χ4v) is 1.99. The highest BCUT2D eigenvalue weighted by Crippen LogP contribution is 2.17. The maximum Gasteiger partial charge on any atom is 0.0907 e. The van der Waals surface area contributed by atoms with Crippen LogP contribution in [0.5, 0.6) is 0 Å². The summed E-state index contributed by atoms with van der Waals surface area (Å²) in [7, 11) is 0. The van der Waals surface area contributed by atoms with Crippen molar-refractivity contribution in [1.29, 1.82) is 0 Å². The van der Waals surface area contributed by atoms with Gasteiger partial charge in [-0.05, 0) is 43.9 Å². The molecule has 2 aromatic rings. The number of nitrogens with one attached hydrogen (secondary N) is 1. The first-order valence-corrected chi connectivity index (χ1v) is 6.62. The SMILES string of the molecule is CC(C)CCC(C)Nc1ccc2nccnc2c1. The molecule has 0 fully saturated rings. The van der Waals surface area contributed by atoms with E-state index in [0.29, 0.717) is 6.04 Å². The highest BCUT2D eigenvalue weighted by molar-refractivity contribution is 5.78. The average molecular weight is 243 g/mol. The van der Waals surface area contributed by atoms with Crippen molar-refractivity contribution in [2.45, 2.75) is 39.7 Å². The van der Waals surface area contributed by atoms with Gasteiger partial charge in [0, 0.05) is 24.1 Å². The van der Waals surface area contributed by atoms with Crippen molar-refractivity contribution in [3.05, 3.63) is 30.6 Å². The molecule has 3 heteroatoms. The van der Waals surface area contributed by atoms with E-state index in [9.17, 15) is 0 Å². The Bertz CT molecular complexity index is 508. The van der Waals surface area contributed by atoms with E-state index in [1.54, 1.807) is 12.4 Å². The maximum absolute atomic E-state index is 4.32. The summed E-state index contributed by atoms with van der Waals surface area (Å²) in [6, 6.07) is 6.64. The van der Waals surface area contributed by atoms with Gasteiger partial charge in [-0.25, -0.2) is 0 Å². The van der Waals surface area contributed by atoms with Gasteiger partial charge < -0.3 is 5.32 Å². The van der Waals surface area contributed by atoms with Crippen molar-refractivity contribution >= 4 is 16.7 Å². The zero-order chi connectivity index (χ0) is 13.0. The molecule has 1 N–H and O–H groups in total. The molecule has 1 aromatic heterocycles. The van der Waals surface area contributed by atoms with Crippen LogP contribution >= 0.6 is 0 Å². The quantitative estimate of drug-likeness (QED) is 0.866. The van der Waals surface area contributed by atoms with E-state index in [-0.39, 0.29) is 0 Å². The van der Waals surface area contributed by atoms with Gasteiger partial charge >= 0.3 is 0 Å². The molecule has 1 atom stereocenters. The summed E-state index contributed by atoms with van der Waals surface area (Å²) in [6.45, 7) is 6.75. The zero-order valence-electron chi connectivity index (χ0n) is 11.4. The Morgan fingerprint density at radius 1 is 1.00 bits per heavy atom. The Hall–Kier alpha value is -1.64. The van der Waals surface area contributed by atoms with E-state index in [1.807, 2.05) is 6.07 Å². The minimum Gasteiger partial charge on any atom is -0.383 e. The normalized spacial score (nSPS) is 12.9. The van der Waals surface area contributed by atoms with Gasteiger partial charge in [0.05, 0.1) is 11.0 Å². The fraction of sp³-hybridized carbons (Fsp3) is 0.467. The van der Waals surface area contributed by atoms with Crippen LogP contribution < -0.4 is 5.32 Å². The molecule has 1 unspecified atom stereocenters. The molecule has 0 aliphatic rings. The molecule has 96 valence electrons. The summed E-state index contributed by atoms with van der Waals surface area (Å²) in [5.74, 6) is 0.761.